The third kappa shape index (κ3) is 2.99. The molecule has 16 heavy (non-hydrogen) atoms. The summed E-state index contributed by atoms with van der Waals surface area (Å²) in [5.74, 6) is 0.886. The second kappa shape index (κ2) is 5.35. The highest BCUT2D eigenvalue weighted by molar-refractivity contribution is 8.13. The molecular weight excluding hydrogens is 216 g/mol. The zero-order valence-corrected chi connectivity index (χ0v) is 10.3. The minimum atomic E-state index is 0.203. The lowest BCUT2D eigenvalue weighted by molar-refractivity contribution is -0.109. The van der Waals surface area contributed by atoms with Crippen LogP contribution in [0.2, 0.25) is 0 Å². The van der Waals surface area contributed by atoms with Crippen LogP contribution in [-0.4, -0.2) is 10.9 Å². The fourth-order valence-corrected chi connectivity index (χ4v) is 2.35. The number of fused-ring (bicyclic) bond motifs is 1. The number of carbonyl (C=O) groups is 1. The van der Waals surface area contributed by atoms with E-state index < -0.39 is 0 Å². The number of thioether (sulfide) groups is 1. The van der Waals surface area contributed by atoms with Crippen LogP contribution in [0.4, 0.5) is 0 Å². The summed E-state index contributed by atoms with van der Waals surface area (Å²) in [5.41, 5.74) is 4.29. The van der Waals surface area contributed by atoms with Crippen molar-refractivity contribution in [2.45, 2.75) is 26.2 Å². The van der Waals surface area contributed by atoms with Gasteiger partial charge in [-0.05, 0) is 36.0 Å². The summed E-state index contributed by atoms with van der Waals surface area (Å²) in [5, 5.41) is 0.203. The Morgan fingerprint density at radius 3 is 2.81 bits per heavy atom. The van der Waals surface area contributed by atoms with Crippen molar-refractivity contribution in [2.24, 2.45) is 0 Å². The van der Waals surface area contributed by atoms with Crippen molar-refractivity contribution >= 4 is 23.0 Å². The molecule has 0 fully saturated rings. The lowest BCUT2D eigenvalue weighted by Crippen LogP contribution is -2.07. The fourth-order valence-electron chi connectivity index (χ4n) is 1.81. The van der Waals surface area contributed by atoms with Gasteiger partial charge in [0.05, 0.1) is 0 Å². The highest BCUT2D eigenvalue weighted by atomic mass is 32.2. The summed E-state index contributed by atoms with van der Waals surface area (Å²) >= 11 is 1.39. The van der Waals surface area contributed by atoms with Crippen molar-refractivity contribution in [3.63, 3.8) is 0 Å². The predicted octanol–water partition coefficient (Wildman–Crippen LogP) is 3.47. The molecule has 0 amide bonds. The van der Waals surface area contributed by atoms with E-state index in [1.54, 1.807) is 6.92 Å². The Kier molecular flexibility index (Phi) is 3.83. The molecule has 1 nitrogen and oxygen atoms in total. The Bertz CT molecular complexity index is 421. The summed E-state index contributed by atoms with van der Waals surface area (Å²) in [4.78, 5) is 10.7. The van der Waals surface area contributed by atoms with Crippen molar-refractivity contribution < 1.29 is 4.79 Å². The molecule has 0 atom stereocenters. The number of aryl methyl sites for hydroxylation is 2. The molecule has 0 aromatic heterocycles. The van der Waals surface area contributed by atoms with Gasteiger partial charge in [0.2, 0.25) is 0 Å². The van der Waals surface area contributed by atoms with Crippen molar-refractivity contribution in [1.29, 1.82) is 0 Å². The summed E-state index contributed by atoms with van der Waals surface area (Å²) in [6, 6.07) is 6.67. The predicted molar refractivity (Wildman–Crippen MR) is 70.6 cm³/mol. The highest BCUT2D eigenvalue weighted by Gasteiger charge is 2.11. The van der Waals surface area contributed by atoms with Gasteiger partial charge in [0, 0.05) is 12.7 Å². The lowest BCUT2D eigenvalue weighted by atomic mass is 9.87. The first-order valence-electron chi connectivity index (χ1n) is 5.67. The molecule has 0 unspecified atom stereocenters. The van der Waals surface area contributed by atoms with Crippen LogP contribution in [0, 0.1) is 0 Å². The van der Waals surface area contributed by atoms with Crippen LogP contribution >= 0.6 is 11.8 Å². The number of hydrogen-bond donors (Lipinski definition) is 0. The summed E-state index contributed by atoms with van der Waals surface area (Å²) in [6.07, 6.45) is 7.74. The van der Waals surface area contributed by atoms with Crippen LogP contribution in [0.3, 0.4) is 0 Å². The number of benzene rings is 1. The van der Waals surface area contributed by atoms with Gasteiger partial charge in [0.25, 0.3) is 0 Å². The van der Waals surface area contributed by atoms with E-state index in [0.29, 0.717) is 0 Å². The first-order valence-corrected chi connectivity index (χ1v) is 6.66. The Labute approximate surface area is 101 Å². The molecule has 1 aliphatic carbocycles. The Morgan fingerprint density at radius 2 is 2.19 bits per heavy atom. The van der Waals surface area contributed by atoms with Crippen molar-refractivity contribution in [3.8, 4) is 0 Å². The minimum absolute atomic E-state index is 0.203. The number of carbonyl (C=O) groups excluding carboxylic acids is 1. The van der Waals surface area contributed by atoms with E-state index in [9.17, 15) is 4.79 Å². The second-order valence-corrected chi connectivity index (χ2v) is 5.33. The van der Waals surface area contributed by atoms with Crippen molar-refractivity contribution in [2.75, 3.05) is 5.75 Å². The Balaban J connectivity index is 1.82. The molecule has 0 N–H and O–H groups in total. The maximum atomic E-state index is 10.7. The summed E-state index contributed by atoms with van der Waals surface area (Å²) in [7, 11) is 0. The van der Waals surface area contributed by atoms with Gasteiger partial charge in [-0.15, -0.1) is 0 Å². The third-order valence-electron chi connectivity index (χ3n) is 2.79. The smallest absolute Gasteiger partial charge is 0.185 e. The van der Waals surface area contributed by atoms with E-state index in [1.807, 2.05) is 0 Å². The van der Waals surface area contributed by atoms with Crippen LogP contribution in [0.1, 0.15) is 30.0 Å². The molecule has 0 spiro atoms. The van der Waals surface area contributed by atoms with Gasteiger partial charge in [-0.1, -0.05) is 42.1 Å². The van der Waals surface area contributed by atoms with Crippen molar-refractivity contribution in [1.82, 2.24) is 0 Å². The van der Waals surface area contributed by atoms with E-state index in [2.05, 4.69) is 30.4 Å². The molecule has 0 aliphatic heterocycles. The number of allylic oxidation sites excluding steroid dienone is 1. The van der Waals surface area contributed by atoms with Gasteiger partial charge in [0.15, 0.2) is 5.12 Å². The molecule has 2 heteroatoms. The third-order valence-corrected chi connectivity index (χ3v) is 3.64. The molecule has 2 rings (SSSR count). The van der Waals surface area contributed by atoms with Crippen LogP contribution in [-0.2, 0) is 17.6 Å². The summed E-state index contributed by atoms with van der Waals surface area (Å²) in [6.45, 7) is 1.62. The minimum Gasteiger partial charge on any atom is -0.288 e. The Hall–Kier alpha value is -1.02. The fraction of sp³-hybridized carbons (Fsp3) is 0.357. The average molecular weight is 232 g/mol. The van der Waals surface area contributed by atoms with E-state index >= 15 is 0 Å². The number of rotatable bonds is 4. The molecule has 0 radical (unpaired) electrons. The van der Waals surface area contributed by atoms with Crippen LogP contribution in [0.15, 0.2) is 24.3 Å². The number of hydrogen-bond acceptors (Lipinski definition) is 2. The van der Waals surface area contributed by atoms with Gasteiger partial charge in [-0.25, -0.2) is 0 Å². The lowest BCUT2D eigenvalue weighted by Gasteiger charge is -2.18. The molecule has 0 saturated heterocycles. The van der Waals surface area contributed by atoms with E-state index in [0.717, 1.165) is 12.2 Å². The first-order chi connectivity index (χ1) is 7.75. The topological polar surface area (TPSA) is 17.1 Å². The maximum absolute atomic E-state index is 10.7. The van der Waals surface area contributed by atoms with Crippen LogP contribution < -0.4 is 0 Å². The molecular formula is C14H16OS. The largest absolute Gasteiger partial charge is 0.288 e. The zero-order chi connectivity index (χ0) is 11.4. The normalized spacial score (nSPS) is 13.6. The summed E-state index contributed by atoms with van der Waals surface area (Å²) < 4.78 is 0. The molecule has 1 aliphatic rings. The van der Waals surface area contributed by atoms with Gasteiger partial charge < -0.3 is 0 Å². The first kappa shape index (κ1) is 11.5. The van der Waals surface area contributed by atoms with Gasteiger partial charge in [0.1, 0.15) is 0 Å². The molecule has 0 saturated carbocycles. The standard InChI is InChI=1S/C14H16OS/c1-11(15)16-9-3-2-4-12-5-6-13-7-8-14(13)10-12/h2,4-6,10H,3,7-9H2,1H3. The highest BCUT2D eigenvalue weighted by Crippen LogP contribution is 2.24. The SMILES string of the molecule is CC(=O)SCCC=Cc1ccc2c(c1)CC2. The van der Waals surface area contributed by atoms with Gasteiger partial charge in [-0.3, -0.25) is 4.79 Å². The maximum Gasteiger partial charge on any atom is 0.185 e. The zero-order valence-electron chi connectivity index (χ0n) is 9.53. The van der Waals surface area contributed by atoms with Gasteiger partial charge >= 0.3 is 0 Å². The van der Waals surface area contributed by atoms with E-state index in [-0.39, 0.29) is 5.12 Å². The molecule has 84 valence electrons. The molecule has 1 aromatic rings. The second-order valence-electron chi connectivity index (χ2n) is 4.06. The van der Waals surface area contributed by atoms with Crippen molar-refractivity contribution in [3.05, 3.63) is 41.0 Å². The monoisotopic (exact) mass is 232 g/mol. The molecule has 1 aromatic carbocycles. The van der Waals surface area contributed by atoms with Gasteiger partial charge in [-0.2, -0.15) is 0 Å². The Morgan fingerprint density at radius 1 is 1.38 bits per heavy atom. The van der Waals surface area contributed by atoms with Crippen LogP contribution in [0.25, 0.3) is 6.08 Å². The molecule has 0 bridgehead atoms. The van der Waals surface area contributed by atoms with E-state index in [4.69, 9.17) is 0 Å². The van der Waals surface area contributed by atoms with E-state index in [1.165, 1.54) is 41.3 Å². The van der Waals surface area contributed by atoms with Crippen LogP contribution in [0.5, 0.6) is 0 Å². The molecule has 0 heterocycles. The average Bonchev–Trinajstić information content (AvgIpc) is 2.21. The quantitative estimate of drug-likeness (QED) is 0.739.